The highest BCUT2D eigenvalue weighted by molar-refractivity contribution is 5.83. The second-order valence-electron chi connectivity index (χ2n) is 4.55. The summed E-state index contributed by atoms with van der Waals surface area (Å²) in [6.07, 6.45) is 2.34. The Morgan fingerprint density at radius 3 is 2.50 bits per heavy atom. The van der Waals surface area contributed by atoms with E-state index in [1.807, 2.05) is 14.0 Å². The summed E-state index contributed by atoms with van der Waals surface area (Å²) in [5.41, 5.74) is 2.96. The number of nitrogens with one attached hydrogen (secondary N) is 1. The third kappa shape index (κ3) is 3.76. The molecule has 1 aliphatic rings. The molecule has 1 N–H and O–H groups in total. The van der Waals surface area contributed by atoms with Gasteiger partial charge in [-0.25, -0.2) is 0 Å². The highest BCUT2D eigenvalue weighted by Crippen LogP contribution is 2.19. The fourth-order valence-corrected chi connectivity index (χ4v) is 2.15. The summed E-state index contributed by atoms with van der Waals surface area (Å²) in [5.74, 6) is 1.54. The fraction of sp³-hybridized carbons (Fsp3) is 0.917. The second-order valence-corrected chi connectivity index (χ2v) is 4.55. The van der Waals surface area contributed by atoms with Crippen LogP contribution in [-0.2, 0) is 4.84 Å². The molecule has 0 aromatic carbocycles. The Labute approximate surface area is 99.0 Å². The van der Waals surface area contributed by atoms with Gasteiger partial charge in [-0.1, -0.05) is 0 Å². The van der Waals surface area contributed by atoms with Crippen molar-refractivity contribution in [2.24, 2.45) is 10.9 Å². The molecular formula is C12H25N3O. The van der Waals surface area contributed by atoms with Crippen LogP contribution in [0.4, 0.5) is 0 Å². The fourth-order valence-electron chi connectivity index (χ4n) is 2.15. The van der Waals surface area contributed by atoms with Crippen LogP contribution in [0.15, 0.2) is 4.99 Å². The lowest BCUT2D eigenvalue weighted by atomic mass is 9.95. The number of hydroxylamine groups is 1. The van der Waals surface area contributed by atoms with E-state index in [0.717, 1.165) is 18.9 Å². The molecule has 0 spiro atoms. The summed E-state index contributed by atoms with van der Waals surface area (Å²) < 4.78 is 0. The smallest absolute Gasteiger partial charge is 0.123 e. The van der Waals surface area contributed by atoms with E-state index in [2.05, 4.69) is 29.2 Å². The number of piperidine rings is 1. The number of amidine groups is 1. The van der Waals surface area contributed by atoms with Gasteiger partial charge < -0.3 is 4.90 Å². The molecule has 1 heterocycles. The molecule has 0 aliphatic carbocycles. The molecule has 16 heavy (non-hydrogen) atoms. The molecule has 1 aliphatic heterocycles. The largest absolute Gasteiger partial charge is 0.301 e. The summed E-state index contributed by atoms with van der Waals surface area (Å²) in [6, 6.07) is 0.655. The van der Waals surface area contributed by atoms with Gasteiger partial charge in [0, 0.05) is 19.0 Å². The molecule has 0 aromatic heterocycles. The molecule has 1 fully saturated rings. The highest BCUT2D eigenvalue weighted by Gasteiger charge is 2.24. The van der Waals surface area contributed by atoms with E-state index in [4.69, 9.17) is 4.84 Å². The molecule has 0 aromatic rings. The zero-order chi connectivity index (χ0) is 12.0. The van der Waals surface area contributed by atoms with Gasteiger partial charge in [0.1, 0.15) is 5.84 Å². The molecule has 0 atom stereocenters. The topological polar surface area (TPSA) is 36.9 Å². The van der Waals surface area contributed by atoms with E-state index < -0.39 is 0 Å². The molecule has 94 valence electrons. The Morgan fingerprint density at radius 1 is 1.44 bits per heavy atom. The predicted molar refractivity (Wildman–Crippen MR) is 67.6 cm³/mol. The Hall–Kier alpha value is -0.610. The zero-order valence-electron chi connectivity index (χ0n) is 11.0. The maximum absolute atomic E-state index is 5.22. The van der Waals surface area contributed by atoms with Crippen LogP contribution in [-0.4, -0.2) is 43.5 Å². The number of hydrogen-bond donors (Lipinski definition) is 1. The van der Waals surface area contributed by atoms with Crippen molar-refractivity contribution in [2.75, 3.05) is 26.7 Å². The van der Waals surface area contributed by atoms with E-state index in [-0.39, 0.29) is 0 Å². The minimum atomic E-state index is 0.534. The van der Waals surface area contributed by atoms with Gasteiger partial charge in [0.15, 0.2) is 0 Å². The maximum atomic E-state index is 5.22. The molecule has 0 saturated carbocycles. The number of rotatable bonds is 4. The average molecular weight is 227 g/mol. The Balaban J connectivity index is 2.39. The third-order valence-electron chi connectivity index (χ3n) is 3.21. The lowest BCUT2D eigenvalue weighted by Crippen LogP contribution is -2.43. The molecule has 0 amide bonds. The van der Waals surface area contributed by atoms with E-state index >= 15 is 0 Å². The Morgan fingerprint density at radius 2 is 2.06 bits per heavy atom. The van der Waals surface area contributed by atoms with Crippen molar-refractivity contribution >= 4 is 5.84 Å². The number of aliphatic imine (C=N–C) groups is 1. The van der Waals surface area contributed by atoms with Gasteiger partial charge >= 0.3 is 0 Å². The third-order valence-corrected chi connectivity index (χ3v) is 3.21. The number of nitrogens with zero attached hydrogens (tertiary/aromatic N) is 2. The van der Waals surface area contributed by atoms with Crippen molar-refractivity contribution in [1.29, 1.82) is 0 Å². The van der Waals surface area contributed by atoms with Crippen LogP contribution >= 0.6 is 0 Å². The van der Waals surface area contributed by atoms with Gasteiger partial charge in [0.2, 0.25) is 0 Å². The van der Waals surface area contributed by atoms with E-state index in [1.54, 1.807) is 0 Å². The minimum Gasteiger partial charge on any atom is -0.301 e. The van der Waals surface area contributed by atoms with Gasteiger partial charge in [-0.15, -0.1) is 0 Å². The van der Waals surface area contributed by atoms with Crippen LogP contribution in [0.2, 0.25) is 0 Å². The number of hydrogen-bond acceptors (Lipinski definition) is 3. The molecule has 4 nitrogen and oxygen atoms in total. The predicted octanol–water partition coefficient (Wildman–Crippen LogP) is 1.68. The maximum Gasteiger partial charge on any atom is 0.123 e. The summed E-state index contributed by atoms with van der Waals surface area (Å²) in [4.78, 5) is 12.0. The standard InChI is InChI=1S/C12H25N3O/c1-5-16-14-12(13-4)11-6-8-15(9-7-11)10(2)3/h10-11H,5-9H2,1-4H3,(H,13,14). The summed E-state index contributed by atoms with van der Waals surface area (Å²) >= 11 is 0. The summed E-state index contributed by atoms with van der Waals surface area (Å²) in [5, 5.41) is 0. The molecule has 4 heteroatoms. The van der Waals surface area contributed by atoms with Crippen molar-refractivity contribution in [3.05, 3.63) is 0 Å². The zero-order valence-corrected chi connectivity index (χ0v) is 11.0. The summed E-state index contributed by atoms with van der Waals surface area (Å²) in [7, 11) is 1.83. The van der Waals surface area contributed by atoms with Crippen molar-refractivity contribution in [3.63, 3.8) is 0 Å². The lowest BCUT2D eigenvalue weighted by Gasteiger charge is -2.34. The van der Waals surface area contributed by atoms with Gasteiger partial charge in [-0.2, -0.15) is 0 Å². The van der Waals surface area contributed by atoms with Gasteiger partial charge in [0.25, 0.3) is 0 Å². The highest BCUT2D eigenvalue weighted by atomic mass is 16.6. The molecule has 0 bridgehead atoms. The van der Waals surface area contributed by atoms with E-state index in [0.29, 0.717) is 18.6 Å². The van der Waals surface area contributed by atoms with E-state index in [1.165, 1.54) is 12.8 Å². The SMILES string of the molecule is CCONC(=NC)C1CCN(C(C)C)CC1. The van der Waals surface area contributed by atoms with Crippen molar-refractivity contribution in [1.82, 2.24) is 10.4 Å². The second kappa shape index (κ2) is 6.86. The first-order chi connectivity index (χ1) is 7.69. The molecule has 0 radical (unpaired) electrons. The first-order valence-electron chi connectivity index (χ1n) is 6.27. The van der Waals surface area contributed by atoms with Gasteiger partial charge in [0.05, 0.1) is 6.61 Å². The quantitative estimate of drug-likeness (QED) is 0.451. The lowest BCUT2D eigenvalue weighted by molar-refractivity contribution is 0.0881. The first-order valence-corrected chi connectivity index (χ1v) is 6.27. The van der Waals surface area contributed by atoms with Crippen LogP contribution in [0.1, 0.15) is 33.6 Å². The van der Waals surface area contributed by atoms with Crippen LogP contribution in [0.5, 0.6) is 0 Å². The van der Waals surface area contributed by atoms with Crippen molar-refractivity contribution in [3.8, 4) is 0 Å². The van der Waals surface area contributed by atoms with Crippen molar-refractivity contribution in [2.45, 2.75) is 39.7 Å². The Kier molecular flexibility index (Phi) is 5.77. The van der Waals surface area contributed by atoms with Crippen LogP contribution in [0.25, 0.3) is 0 Å². The minimum absolute atomic E-state index is 0.534. The summed E-state index contributed by atoms with van der Waals surface area (Å²) in [6.45, 7) is 9.48. The Bertz CT molecular complexity index is 220. The van der Waals surface area contributed by atoms with Crippen LogP contribution < -0.4 is 5.48 Å². The van der Waals surface area contributed by atoms with E-state index in [9.17, 15) is 0 Å². The van der Waals surface area contributed by atoms with Gasteiger partial charge in [-0.05, 0) is 46.7 Å². The number of likely N-dealkylation sites (tertiary alicyclic amines) is 1. The average Bonchev–Trinajstić information content (AvgIpc) is 2.30. The first kappa shape index (κ1) is 13.5. The molecule has 0 unspecified atom stereocenters. The van der Waals surface area contributed by atoms with Crippen molar-refractivity contribution < 1.29 is 4.84 Å². The molecule has 1 saturated heterocycles. The van der Waals surface area contributed by atoms with Crippen LogP contribution in [0.3, 0.4) is 0 Å². The monoisotopic (exact) mass is 227 g/mol. The van der Waals surface area contributed by atoms with Crippen LogP contribution in [0, 0.1) is 5.92 Å². The molecule has 1 rings (SSSR count). The normalized spacial score (nSPS) is 20.4. The molecular weight excluding hydrogens is 202 g/mol. The van der Waals surface area contributed by atoms with Gasteiger partial charge in [-0.3, -0.25) is 15.3 Å².